The summed E-state index contributed by atoms with van der Waals surface area (Å²) < 4.78 is 76.2. The van der Waals surface area contributed by atoms with E-state index >= 15 is 0 Å². The first-order valence-corrected chi connectivity index (χ1v) is 14.6. The first kappa shape index (κ1) is 28.9. The van der Waals surface area contributed by atoms with Gasteiger partial charge in [-0.25, -0.2) is 22.8 Å². The summed E-state index contributed by atoms with van der Waals surface area (Å²) in [5.41, 5.74) is -1.81. The molecule has 1 saturated carbocycles. The number of anilines is 1. The first-order chi connectivity index (χ1) is 19.0. The number of amides is 1. The number of carbonyl (C=O) groups excluding carboxylic acids is 1. The van der Waals surface area contributed by atoms with Gasteiger partial charge in [0.2, 0.25) is 5.88 Å². The Bertz CT molecular complexity index is 1590. The van der Waals surface area contributed by atoms with Gasteiger partial charge in [0.25, 0.3) is 15.9 Å². The fraction of sp³-hybridized carbons (Fsp3) is 0.538. The fourth-order valence-corrected chi connectivity index (χ4v) is 6.44. The van der Waals surface area contributed by atoms with Gasteiger partial charge in [-0.05, 0) is 58.1 Å². The first-order valence-electron chi connectivity index (χ1n) is 13.1. The van der Waals surface area contributed by atoms with Gasteiger partial charge < -0.3 is 9.64 Å². The van der Waals surface area contributed by atoms with E-state index in [1.54, 1.807) is 14.0 Å². The molecule has 2 aliphatic rings. The molecule has 0 aromatic carbocycles. The molecule has 222 valence electrons. The molecule has 4 heterocycles. The summed E-state index contributed by atoms with van der Waals surface area (Å²) in [7, 11) is -2.63. The number of hydrogen-bond donors (Lipinski definition) is 1. The van der Waals surface area contributed by atoms with E-state index < -0.39 is 39.7 Å². The third-order valence-corrected chi connectivity index (χ3v) is 9.32. The van der Waals surface area contributed by atoms with E-state index in [0.717, 1.165) is 6.42 Å². The van der Waals surface area contributed by atoms with Gasteiger partial charge in [0, 0.05) is 31.4 Å². The summed E-state index contributed by atoms with van der Waals surface area (Å²) in [6.07, 6.45) is -0.811. The quantitative estimate of drug-likeness (QED) is 0.418. The molecule has 41 heavy (non-hydrogen) atoms. The number of ether oxygens (including phenoxy) is 1. The van der Waals surface area contributed by atoms with E-state index in [9.17, 15) is 26.4 Å². The van der Waals surface area contributed by atoms with Gasteiger partial charge in [0.1, 0.15) is 22.7 Å². The second-order valence-corrected chi connectivity index (χ2v) is 13.2. The highest BCUT2D eigenvalue weighted by Crippen LogP contribution is 2.57. The molecule has 15 heteroatoms. The number of nitrogens with zero attached hydrogens (tertiary/aromatic N) is 6. The average molecular weight is 596 g/mol. The van der Waals surface area contributed by atoms with Crippen LogP contribution in [0.25, 0.3) is 5.82 Å². The molecule has 1 amide bonds. The maximum atomic E-state index is 13.4. The standard InChI is InChI=1S/C26H32F3N7O4S/c1-16-12-24(3,4)35(14-16)22-18(23(37)33-41(38,39)19-13-30-34(5)17(19)2)6-7-20(31-22)36-11-8-21(32-36)40-15-25(9-10-25)26(27,28)29/h6-8,11,13,16H,9-10,12,14-15H2,1-5H3,(H,33,37)/t16-/m0/s1. The molecule has 2 fully saturated rings. The SMILES string of the molecule is Cc1c(S(=O)(=O)NC(=O)c2ccc(-n3ccc(OCC4(C(F)(F)F)CC4)n3)nc2N2C[C@@H](C)CC2(C)C)cnn1C. The molecular formula is C26H32F3N7O4S. The molecule has 11 nitrogen and oxygen atoms in total. The molecule has 1 aliphatic heterocycles. The number of aryl methyl sites for hydroxylation is 1. The van der Waals surface area contributed by atoms with Crippen molar-refractivity contribution < 1.29 is 31.1 Å². The van der Waals surface area contributed by atoms with Crippen LogP contribution in [0.15, 0.2) is 35.5 Å². The van der Waals surface area contributed by atoms with E-state index in [0.29, 0.717) is 12.2 Å². The van der Waals surface area contributed by atoms with Crippen LogP contribution in [0.4, 0.5) is 19.0 Å². The Morgan fingerprint density at radius 3 is 2.49 bits per heavy atom. The van der Waals surface area contributed by atoms with E-state index in [1.807, 2.05) is 18.7 Å². The van der Waals surface area contributed by atoms with E-state index in [4.69, 9.17) is 9.72 Å². The number of alkyl halides is 3. The van der Waals surface area contributed by atoms with E-state index in [2.05, 4.69) is 21.8 Å². The van der Waals surface area contributed by atoms with E-state index in [1.165, 1.54) is 40.0 Å². The number of rotatable bonds is 8. The van der Waals surface area contributed by atoms with Crippen molar-refractivity contribution in [3.8, 4) is 11.7 Å². The monoisotopic (exact) mass is 595 g/mol. The molecule has 1 atom stereocenters. The zero-order chi connectivity index (χ0) is 30.0. The molecule has 1 saturated heterocycles. The smallest absolute Gasteiger partial charge is 0.397 e. The van der Waals surface area contributed by atoms with Crippen LogP contribution in [0.1, 0.15) is 56.1 Å². The lowest BCUT2D eigenvalue weighted by Crippen LogP contribution is -2.41. The number of aromatic nitrogens is 5. The van der Waals surface area contributed by atoms with Crippen LogP contribution in [0.3, 0.4) is 0 Å². The van der Waals surface area contributed by atoms with Crippen molar-refractivity contribution in [2.24, 2.45) is 18.4 Å². The summed E-state index contributed by atoms with van der Waals surface area (Å²) >= 11 is 0. The van der Waals surface area contributed by atoms with Crippen molar-refractivity contribution in [3.05, 3.63) is 41.9 Å². The molecule has 3 aromatic rings. The van der Waals surface area contributed by atoms with Gasteiger partial charge in [0.15, 0.2) is 5.82 Å². The summed E-state index contributed by atoms with van der Waals surface area (Å²) in [4.78, 5) is 20.0. The van der Waals surface area contributed by atoms with Crippen molar-refractivity contribution in [2.75, 3.05) is 18.1 Å². The van der Waals surface area contributed by atoms with Gasteiger partial charge in [0.05, 0.1) is 17.5 Å². The minimum atomic E-state index is -4.34. The number of pyridine rings is 1. The highest BCUT2D eigenvalue weighted by Gasteiger charge is 2.64. The molecule has 0 unspecified atom stereocenters. The van der Waals surface area contributed by atoms with E-state index in [-0.39, 0.29) is 46.7 Å². The van der Waals surface area contributed by atoms with Crippen molar-refractivity contribution in [1.29, 1.82) is 0 Å². The molecule has 1 N–H and O–H groups in total. The molecule has 0 bridgehead atoms. The van der Waals surface area contributed by atoms with Crippen LogP contribution >= 0.6 is 0 Å². The number of hydrogen-bond acceptors (Lipinski definition) is 8. The van der Waals surface area contributed by atoms with Crippen LogP contribution in [0, 0.1) is 18.3 Å². The molecule has 0 spiro atoms. The average Bonchev–Trinajstić information content (AvgIpc) is 3.27. The third-order valence-electron chi connectivity index (χ3n) is 7.89. The Hall–Kier alpha value is -3.62. The Balaban J connectivity index is 1.45. The minimum Gasteiger partial charge on any atom is -0.476 e. The second-order valence-electron chi connectivity index (χ2n) is 11.6. The van der Waals surface area contributed by atoms with Crippen molar-refractivity contribution in [1.82, 2.24) is 29.3 Å². The van der Waals surface area contributed by atoms with Gasteiger partial charge in [-0.2, -0.15) is 18.3 Å². The van der Waals surface area contributed by atoms with Gasteiger partial charge in [-0.3, -0.25) is 9.48 Å². The maximum Gasteiger partial charge on any atom is 0.397 e. The van der Waals surface area contributed by atoms with Gasteiger partial charge in [-0.1, -0.05) is 6.92 Å². The van der Waals surface area contributed by atoms with Crippen LogP contribution in [0.5, 0.6) is 5.88 Å². The molecule has 3 aromatic heterocycles. The Kier molecular flexibility index (Phi) is 6.86. The third kappa shape index (κ3) is 5.38. The van der Waals surface area contributed by atoms with Crippen LogP contribution in [-0.2, 0) is 17.1 Å². The minimum absolute atomic E-state index is 0.0127. The zero-order valence-electron chi connectivity index (χ0n) is 23.4. The predicted molar refractivity (Wildman–Crippen MR) is 142 cm³/mol. The second kappa shape index (κ2) is 9.74. The Labute approximate surface area is 235 Å². The molecule has 5 rings (SSSR count). The lowest BCUT2D eigenvalue weighted by molar-refractivity contribution is -0.194. The number of halogens is 3. The van der Waals surface area contributed by atoms with Crippen LogP contribution < -0.4 is 14.4 Å². The highest BCUT2D eigenvalue weighted by atomic mass is 32.2. The van der Waals surface area contributed by atoms with Crippen LogP contribution in [-0.4, -0.2) is 63.7 Å². The topological polar surface area (TPSA) is 124 Å². The normalized spacial score (nSPS) is 19.8. The summed E-state index contributed by atoms with van der Waals surface area (Å²) in [5.74, 6) is -0.0203. The Morgan fingerprint density at radius 2 is 1.93 bits per heavy atom. The number of nitrogens with one attached hydrogen (secondary N) is 1. The largest absolute Gasteiger partial charge is 0.476 e. The Morgan fingerprint density at radius 1 is 1.22 bits per heavy atom. The van der Waals surface area contributed by atoms with Gasteiger partial charge in [-0.15, -0.1) is 5.10 Å². The van der Waals surface area contributed by atoms with Crippen LogP contribution in [0.2, 0.25) is 0 Å². The van der Waals surface area contributed by atoms with Gasteiger partial charge >= 0.3 is 6.18 Å². The van der Waals surface area contributed by atoms with Crippen molar-refractivity contribution >= 4 is 21.7 Å². The molecule has 0 radical (unpaired) electrons. The predicted octanol–water partition coefficient (Wildman–Crippen LogP) is 3.77. The van der Waals surface area contributed by atoms with Crippen molar-refractivity contribution in [3.63, 3.8) is 0 Å². The van der Waals surface area contributed by atoms with Crippen molar-refractivity contribution in [2.45, 2.75) is 63.6 Å². The number of sulfonamides is 1. The lowest BCUT2D eigenvalue weighted by Gasteiger charge is -2.34. The lowest BCUT2D eigenvalue weighted by atomic mass is 9.97. The molecule has 1 aliphatic carbocycles. The summed E-state index contributed by atoms with van der Waals surface area (Å²) in [6, 6.07) is 4.39. The number of carbonyl (C=O) groups is 1. The fourth-order valence-electron chi connectivity index (χ4n) is 5.27. The maximum absolute atomic E-state index is 13.4. The highest BCUT2D eigenvalue weighted by molar-refractivity contribution is 7.90. The summed E-state index contributed by atoms with van der Waals surface area (Å²) in [6.45, 7) is 7.73. The molecular weight excluding hydrogens is 563 g/mol. The zero-order valence-corrected chi connectivity index (χ0v) is 24.2. The summed E-state index contributed by atoms with van der Waals surface area (Å²) in [5, 5.41) is 8.19.